The van der Waals surface area contributed by atoms with Crippen molar-refractivity contribution in [3.05, 3.63) is 95.6 Å². The smallest absolute Gasteiger partial charge is 0.127 e. The molecular weight excluding hydrogens is 337 g/mol. The molecule has 3 heteroatoms. The molecule has 0 saturated carbocycles. The second-order valence-corrected chi connectivity index (χ2v) is 6.71. The lowest BCUT2D eigenvalue weighted by atomic mass is 9.92. The van der Waals surface area contributed by atoms with Crippen LogP contribution in [0.25, 0.3) is 21.9 Å². The molecular formula is C24H20FNO. The first-order valence-corrected chi connectivity index (χ1v) is 8.94. The topological polar surface area (TPSA) is 22.1 Å². The average molecular weight is 357 g/mol. The Morgan fingerprint density at radius 3 is 2.52 bits per heavy atom. The van der Waals surface area contributed by atoms with Gasteiger partial charge in [-0.2, -0.15) is 0 Å². The van der Waals surface area contributed by atoms with Crippen LogP contribution in [0.4, 0.5) is 4.39 Å². The Balaban J connectivity index is 1.70. The van der Waals surface area contributed by atoms with Crippen molar-refractivity contribution in [3.63, 3.8) is 0 Å². The first-order valence-electron chi connectivity index (χ1n) is 8.94. The molecule has 0 fully saturated rings. The molecule has 1 aromatic heterocycles. The molecule has 0 saturated heterocycles. The zero-order valence-corrected chi connectivity index (χ0v) is 15.4. The molecule has 2 nitrogen and oxygen atoms in total. The number of fused-ring (bicyclic) bond motifs is 1. The lowest BCUT2D eigenvalue weighted by Gasteiger charge is -2.16. The van der Waals surface area contributed by atoms with Crippen LogP contribution < -0.4 is 4.74 Å². The Morgan fingerprint density at radius 1 is 0.926 bits per heavy atom. The van der Waals surface area contributed by atoms with E-state index >= 15 is 0 Å². The minimum atomic E-state index is -0.202. The minimum absolute atomic E-state index is 0.202. The van der Waals surface area contributed by atoms with Crippen LogP contribution in [0.2, 0.25) is 0 Å². The maximum atomic E-state index is 13.7. The van der Waals surface area contributed by atoms with Gasteiger partial charge >= 0.3 is 0 Å². The van der Waals surface area contributed by atoms with Gasteiger partial charge in [0, 0.05) is 23.2 Å². The molecule has 0 spiro atoms. The van der Waals surface area contributed by atoms with Crippen LogP contribution in [0.5, 0.6) is 5.75 Å². The van der Waals surface area contributed by atoms with Crippen LogP contribution >= 0.6 is 0 Å². The van der Waals surface area contributed by atoms with E-state index in [9.17, 15) is 4.39 Å². The lowest BCUT2D eigenvalue weighted by Crippen LogP contribution is -2.00. The maximum absolute atomic E-state index is 13.7. The summed E-state index contributed by atoms with van der Waals surface area (Å²) >= 11 is 0. The van der Waals surface area contributed by atoms with Gasteiger partial charge in [0.15, 0.2) is 0 Å². The Hall–Kier alpha value is -3.20. The van der Waals surface area contributed by atoms with Gasteiger partial charge in [-0.05, 0) is 65.9 Å². The van der Waals surface area contributed by atoms with Crippen LogP contribution in [0.15, 0.2) is 73.1 Å². The molecule has 3 aromatic carbocycles. The number of pyridine rings is 1. The first-order chi connectivity index (χ1) is 13.1. The number of hydrogen-bond acceptors (Lipinski definition) is 2. The third-order valence-electron chi connectivity index (χ3n) is 4.81. The van der Waals surface area contributed by atoms with Crippen molar-refractivity contribution in [3.8, 4) is 16.9 Å². The summed E-state index contributed by atoms with van der Waals surface area (Å²) in [6.07, 6.45) is 3.61. The third-order valence-corrected chi connectivity index (χ3v) is 4.81. The van der Waals surface area contributed by atoms with Gasteiger partial charge in [-0.15, -0.1) is 0 Å². The molecule has 0 aliphatic heterocycles. The van der Waals surface area contributed by atoms with Crippen LogP contribution in [0.3, 0.4) is 0 Å². The van der Waals surface area contributed by atoms with Gasteiger partial charge in [0.25, 0.3) is 0 Å². The number of hydrogen-bond donors (Lipinski definition) is 0. The highest BCUT2D eigenvalue weighted by Crippen LogP contribution is 2.32. The van der Waals surface area contributed by atoms with Crippen LogP contribution in [0.1, 0.15) is 16.7 Å². The highest BCUT2D eigenvalue weighted by atomic mass is 19.1. The Labute approximate surface area is 158 Å². The quantitative estimate of drug-likeness (QED) is 0.431. The number of halogens is 1. The van der Waals surface area contributed by atoms with E-state index in [1.54, 1.807) is 18.3 Å². The highest BCUT2D eigenvalue weighted by Gasteiger charge is 2.12. The standard InChI is InChI=1S/C24H20FNO/c1-16-12-20(25)13-17(2)24(16)22-8-4-3-6-19(22)15-27-23-9-5-7-18-14-26-11-10-21(18)23/h3-14H,15H2,1-2H3. The van der Waals surface area contributed by atoms with Crippen molar-refractivity contribution in [1.29, 1.82) is 0 Å². The number of rotatable bonds is 4. The minimum Gasteiger partial charge on any atom is -0.488 e. The number of nitrogens with zero attached hydrogens (tertiary/aromatic N) is 1. The zero-order valence-electron chi connectivity index (χ0n) is 15.4. The third kappa shape index (κ3) is 3.41. The molecule has 0 N–H and O–H groups in total. The summed E-state index contributed by atoms with van der Waals surface area (Å²) in [5.74, 6) is 0.629. The van der Waals surface area contributed by atoms with Crippen molar-refractivity contribution in [2.24, 2.45) is 0 Å². The van der Waals surface area contributed by atoms with E-state index in [-0.39, 0.29) is 5.82 Å². The van der Waals surface area contributed by atoms with Gasteiger partial charge in [-0.1, -0.05) is 36.4 Å². The van der Waals surface area contributed by atoms with Crippen LogP contribution in [-0.4, -0.2) is 4.98 Å². The second kappa shape index (κ2) is 7.20. The Kier molecular flexibility index (Phi) is 4.59. The van der Waals surface area contributed by atoms with Gasteiger partial charge in [0.2, 0.25) is 0 Å². The molecule has 0 amide bonds. The van der Waals surface area contributed by atoms with E-state index in [0.29, 0.717) is 6.61 Å². The number of aryl methyl sites for hydroxylation is 2. The fraction of sp³-hybridized carbons (Fsp3) is 0.125. The summed E-state index contributed by atoms with van der Waals surface area (Å²) in [5.41, 5.74) is 5.07. The fourth-order valence-electron chi connectivity index (χ4n) is 3.60. The summed E-state index contributed by atoms with van der Waals surface area (Å²) in [5, 5.41) is 2.09. The Morgan fingerprint density at radius 2 is 1.70 bits per heavy atom. The van der Waals surface area contributed by atoms with E-state index < -0.39 is 0 Å². The van der Waals surface area contributed by atoms with Crippen molar-refractivity contribution in [1.82, 2.24) is 4.98 Å². The van der Waals surface area contributed by atoms with Gasteiger partial charge < -0.3 is 4.74 Å². The van der Waals surface area contributed by atoms with E-state index in [1.807, 2.05) is 56.4 Å². The lowest BCUT2D eigenvalue weighted by molar-refractivity contribution is 0.310. The fourth-order valence-corrected chi connectivity index (χ4v) is 3.60. The molecule has 4 rings (SSSR count). The average Bonchev–Trinajstić information content (AvgIpc) is 2.66. The predicted octanol–water partition coefficient (Wildman–Crippen LogP) is 6.24. The van der Waals surface area contributed by atoms with Crippen molar-refractivity contribution in [2.75, 3.05) is 0 Å². The van der Waals surface area contributed by atoms with E-state index in [4.69, 9.17) is 4.74 Å². The van der Waals surface area contributed by atoms with Crippen LogP contribution in [0, 0.1) is 19.7 Å². The number of aromatic nitrogens is 1. The molecule has 0 bridgehead atoms. The SMILES string of the molecule is Cc1cc(F)cc(C)c1-c1ccccc1COc1cccc2cnccc12. The summed E-state index contributed by atoms with van der Waals surface area (Å²) < 4.78 is 19.9. The molecule has 0 aliphatic carbocycles. The summed E-state index contributed by atoms with van der Waals surface area (Å²) in [6.45, 7) is 4.33. The molecule has 1 heterocycles. The highest BCUT2D eigenvalue weighted by molar-refractivity contribution is 5.87. The molecule has 0 radical (unpaired) electrons. The van der Waals surface area contributed by atoms with Crippen LogP contribution in [-0.2, 0) is 6.61 Å². The number of ether oxygens (including phenoxy) is 1. The van der Waals surface area contributed by atoms with E-state index in [1.165, 1.54) is 0 Å². The summed E-state index contributed by atoms with van der Waals surface area (Å²) in [6, 6.07) is 19.2. The van der Waals surface area contributed by atoms with Gasteiger partial charge in [-0.25, -0.2) is 4.39 Å². The van der Waals surface area contributed by atoms with Crippen molar-refractivity contribution < 1.29 is 9.13 Å². The molecule has 4 aromatic rings. The molecule has 0 atom stereocenters. The zero-order chi connectivity index (χ0) is 18.8. The number of benzene rings is 3. The molecule has 0 unspecified atom stereocenters. The normalized spacial score (nSPS) is 10.9. The second-order valence-electron chi connectivity index (χ2n) is 6.71. The van der Waals surface area contributed by atoms with E-state index in [2.05, 4.69) is 17.1 Å². The van der Waals surface area contributed by atoms with Gasteiger partial charge in [0.05, 0.1) is 0 Å². The largest absolute Gasteiger partial charge is 0.488 e. The molecule has 27 heavy (non-hydrogen) atoms. The van der Waals surface area contributed by atoms with Crippen molar-refractivity contribution >= 4 is 10.8 Å². The molecule has 0 aliphatic rings. The molecule has 134 valence electrons. The van der Waals surface area contributed by atoms with Gasteiger partial charge in [0.1, 0.15) is 18.2 Å². The summed E-state index contributed by atoms with van der Waals surface area (Å²) in [7, 11) is 0. The monoisotopic (exact) mass is 357 g/mol. The maximum Gasteiger partial charge on any atom is 0.127 e. The Bertz CT molecular complexity index is 1090. The first kappa shape index (κ1) is 17.2. The predicted molar refractivity (Wildman–Crippen MR) is 107 cm³/mol. The van der Waals surface area contributed by atoms with E-state index in [0.717, 1.165) is 44.3 Å². The van der Waals surface area contributed by atoms with Gasteiger partial charge in [-0.3, -0.25) is 4.98 Å². The van der Waals surface area contributed by atoms with Crippen molar-refractivity contribution in [2.45, 2.75) is 20.5 Å². The summed E-state index contributed by atoms with van der Waals surface area (Å²) in [4.78, 5) is 4.17.